The molecule has 0 aromatic rings. The average molecular weight is 395 g/mol. The van der Waals surface area contributed by atoms with E-state index in [2.05, 4.69) is 4.90 Å². The van der Waals surface area contributed by atoms with Crippen LogP contribution in [0.4, 0.5) is 0 Å². The van der Waals surface area contributed by atoms with Crippen molar-refractivity contribution in [2.75, 3.05) is 19.7 Å². The number of carbonyl (C=O) groups is 3. The second-order valence-corrected chi connectivity index (χ2v) is 7.68. The molecule has 1 saturated heterocycles. The standard InChI is InChI=1S/C20H29NO7/c1-12(2)10-17(23)28-16-7-9-21-8-6-15(18(16)21)11-26-19(24)20(5,25)13(3)27-14(4)22/h6,10,13,16,18,25H,7-9,11H2,1-5H3/t13-,16+,18+,20-/m0/s1. The Hall–Kier alpha value is -2.19. The van der Waals surface area contributed by atoms with E-state index >= 15 is 0 Å². The number of nitrogens with zero attached hydrogens (tertiary/aromatic N) is 1. The normalized spacial score (nSPS) is 24.4. The first-order valence-corrected chi connectivity index (χ1v) is 9.37. The Bertz CT molecular complexity index is 691. The Labute approximate surface area is 165 Å². The van der Waals surface area contributed by atoms with E-state index in [4.69, 9.17) is 14.2 Å². The Morgan fingerprint density at radius 3 is 2.64 bits per heavy atom. The number of fused-ring (bicyclic) bond motifs is 1. The summed E-state index contributed by atoms with van der Waals surface area (Å²) in [5.74, 6) is -1.85. The highest BCUT2D eigenvalue weighted by molar-refractivity contribution is 5.83. The molecule has 0 saturated carbocycles. The van der Waals surface area contributed by atoms with Gasteiger partial charge >= 0.3 is 17.9 Å². The van der Waals surface area contributed by atoms with Crippen molar-refractivity contribution in [1.82, 2.24) is 4.90 Å². The molecule has 2 heterocycles. The van der Waals surface area contributed by atoms with Crippen molar-refractivity contribution in [3.05, 3.63) is 23.3 Å². The molecular weight excluding hydrogens is 366 g/mol. The van der Waals surface area contributed by atoms with Gasteiger partial charge in [-0.25, -0.2) is 9.59 Å². The van der Waals surface area contributed by atoms with Gasteiger partial charge in [-0.05, 0) is 39.7 Å². The Balaban J connectivity index is 1.96. The van der Waals surface area contributed by atoms with Crippen molar-refractivity contribution in [3.63, 3.8) is 0 Å². The maximum absolute atomic E-state index is 12.3. The molecule has 8 heteroatoms. The molecule has 1 N–H and O–H groups in total. The molecule has 0 bridgehead atoms. The fourth-order valence-electron chi connectivity index (χ4n) is 3.37. The molecule has 156 valence electrons. The number of ether oxygens (including phenoxy) is 3. The summed E-state index contributed by atoms with van der Waals surface area (Å²) in [5.41, 5.74) is -0.271. The first kappa shape index (κ1) is 22.1. The van der Waals surface area contributed by atoms with Crippen LogP contribution in [0.25, 0.3) is 0 Å². The minimum absolute atomic E-state index is 0.0281. The number of aliphatic hydroxyl groups is 1. The summed E-state index contributed by atoms with van der Waals surface area (Å²) in [6.45, 7) is 8.97. The molecule has 0 aliphatic carbocycles. The first-order chi connectivity index (χ1) is 13.0. The zero-order valence-corrected chi connectivity index (χ0v) is 17.1. The van der Waals surface area contributed by atoms with Crippen LogP contribution in [-0.4, -0.2) is 71.5 Å². The monoisotopic (exact) mass is 395 g/mol. The number of hydrogen-bond donors (Lipinski definition) is 1. The zero-order chi connectivity index (χ0) is 21.1. The van der Waals surface area contributed by atoms with Gasteiger partial charge in [0.25, 0.3) is 0 Å². The lowest BCUT2D eigenvalue weighted by Gasteiger charge is -2.28. The zero-order valence-electron chi connectivity index (χ0n) is 17.1. The van der Waals surface area contributed by atoms with Crippen molar-refractivity contribution >= 4 is 17.9 Å². The quantitative estimate of drug-likeness (QED) is 0.296. The molecule has 0 spiro atoms. The van der Waals surface area contributed by atoms with Crippen LogP contribution in [0.1, 0.15) is 41.0 Å². The van der Waals surface area contributed by atoms with Gasteiger partial charge in [0.05, 0.1) is 6.04 Å². The van der Waals surface area contributed by atoms with E-state index in [0.717, 1.165) is 17.7 Å². The van der Waals surface area contributed by atoms with E-state index in [9.17, 15) is 19.5 Å². The summed E-state index contributed by atoms with van der Waals surface area (Å²) in [5, 5.41) is 10.4. The third-order valence-corrected chi connectivity index (χ3v) is 5.01. The van der Waals surface area contributed by atoms with Crippen LogP contribution in [0.2, 0.25) is 0 Å². The maximum Gasteiger partial charge on any atom is 0.342 e. The van der Waals surface area contributed by atoms with E-state index in [1.165, 1.54) is 26.8 Å². The maximum atomic E-state index is 12.3. The Kier molecular flexibility index (Phi) is 7.01. The van der Waals surface area contributed by atoms with Gasteiger partial charge in [0.2, 0.25) is 0 Å². The molecule has 8 nitrogen and oxygen atoms in total. The third kappa shape index (κ3) is 5.20. The van der Waals surface area contributed by atoms with Crippen LogP contribution >= 0.6 is 0 Å². The van der Waals surface area contributed by atoms with E-state index < -0.39 is 23.6 Å². The fourth-order valence-corrected chi connectivity index (χ4v) is 3.37. The van der Waals surface area contributed by atoms with Crippen LogP contribution in [0, 0.1) is 0 Å². The van der Waals surface area contributed by atoms with Crippen molar-refractivity contribution in [1.29, 1.82) is 0 Å². The molecule has 28 heavy (non-hydrogen) atoms. The molecular formula is C20H29NO7. The predicted molar refractivity (Wildman–Crippen MR) is 100 cm³/mol. The lowest BCUT2D eigenvalue weighted by molar-refractivity contribution is -0.182. The summed E-state index contributed by atoms with van der Waals surface area (Å²) < 4.78 is 15.8. The number of allylic oxidation sites excluding steroid dienone is 1. The molecule has 2 aliphatic rings. The van der Waals surface area contributed by atoms with Crippen molar-refractivity contribution in [2.24, 2.45) is 0 Å². The number of rotatable bonds is 7. The summed E-state index contributed by atoms with van der Waals surface area (Å²) in [4.78, 5) is 37.5. The lowest BCUT2D eigenvalue weighted by atomic mass is 10.0. The minimum atomic E-state index is -1.96. The SMILES string of the molecule is CC(=O)O[C@@H](C)[C@](C)(O)C(=O)OCC1=CCN2CC[C@@H](OC(=O)C=C(C)C)[C@@H]12. The van der Waals surface area contributed by atoms with Crippen LogP contribution in [0.3, 0.4) is 0 Å². The van der Waals surface area contributed by atoms with Gasteiger partial charge in [-0.2, -0.15) is 0 Å². The number of esters is 3. The first-order valence-electron chi connectivity index (χ1n) is 9.37. The smallest absolute Gasteiger partial charge is 0.342 e. The fraction of sp³-hybridized carbons (Fsp3) is 0.650. The number of hydrogen-bond acceptors (Lipinski definition) is 8. The molecule has 0 unspecified atom stereocenters. The van der Waals surface area contributed by atoms with E-state index in [1.54, 1.807) is 0 Å². The Morgan fingerprint density at radius 1 is 1.36 bits per heavy atom. The van der Waals surface area contributed by atoms with Gasteiger partial charge in [0, 0.05) is 26.1 Å². The van der Waals surface area contributed by atoms with Crippen LogP contribution < -0.4 is 0 Å². The van der Waals surface area contributed by atoms with E-state index in [1.807, 2.05) is 19.9 Å². The summed E-state index contributed by atoms with van der Waals surface area (Å²) >= 11 is 0. The largest absolute Gasteiger partial charge is 0.459 e. The van der Waals surface area contributed by atoms with E-state index in [-0.39, 0.29) is 24.7 Å². The third-order valence-electron chi connectivity index (χ3n) is 5.01. The van der Waals surface area contributed by atoms with Crippen LogP contribution in [0.15, 0.2) is 23.3 Å². The summed E-state index contributed by atoms with van der Waals surface area (Å²) in [6, 6.07) is -0.141. The molecule has 2 rings (SSSR count). The highest BCUT2D eigenvalue weighted by atomic mass is 16.6. The lowest BCUT2D eigenvalue weighted by Crippen LogP contribution is -2.48. The van der Waals surface area contributed by atoms with Gasteiger partial charge in [-0.3, -0.25) is 9.69 Å². The Morgan fingerprint density at radius 2 is 2.04 bits per heavy atom. The van der Waals surface area contributed by atoms with Gasteiger partial charge in [0.15, 0.2) is 5.60 Å². The molecule has 0 radical (unpaired) electrons. The van der Waals surface area contributed by atoms with Gasteiger partial charge < -0.3 is 19.3 Å². The minimum Gasteiger partial charge on any atom is -0.459 e. The average Bonchev–Trinajstić information content (AvgIpc) is 3.14. The topological polar surface area (TPSA) is 102 Å². The molecule has 0 aromatic heterocycles. The summed E-state index contributed by atoms with van der Waals surface area (Å²) in [6.07, 6.45) is 2.75. The van der Waals surface area contributed by atoms with E-state index in [0.29, 0.717) is 13.0 Å². The highest BCUT2D eigenvalue weighted by Crippen LogP contribution is 2.31. The number of carbonyl (C=O) groups excluding carboxylic acids is 3. The van der Waals surface area contributed by atoms with Crippen LogP contribution in [-0.2, 0) is 28.6 Å². The summed E-state index contributed by atoms with van der Waals surface area (Å²) in [7, 11) is 0. The van der Waals surface area contributed by atoms with Gasteiger partial charge in [0.1, 0.15) is 18.8 Å². The second kappa shape index (κ2) is 8.87. The van der Waals surface area contributed by atoms with Crippen molar-refractivity contribution in [2.45, 2.75) is 64.9 Å². The molecule has 2 aliphatic heterocycles. The van der Waals surface area contributed by atoms with Crippen molar-refractivity contribution < 1.29 is 33.7 Å². The predicted octanol–water partition coefficient (Wildman–Crippen LogP) is 1.12. The van der Waals surface area contributed by atoms with Gasteiger partial charge in [-0.15, -0.1) is 0 Å². The molecule has 4 atom stereocenters. The molecule has 0 amide bonds. The second-order valence-electron chi connectivity index (χ2n) is 7.68. The highest BCUT2D eigenvalue weighted by Gasteiger charge is 2.44. The molecule has 1 fully saturated rings. The van der Waals surface area contributed by atoms with Crippen molar-refractivity contribution in [3.8, 4) is 0 Å². The van der Waals surface area contributed by atoms with Crippen LogP contribution in [0.5, 0.6) is 0 Å². The van der Waals surface area contributed by atoms with Gasteiger partial charge in [-0.1, -0.05) is 11.6 Å². The molecule has 0 aromatic carbocycles.